The van der Waals surface area contributed by atoms with E-state index in [2.05, 4.69) is 15.9 Å². The zero-order valence-electron chi connectivity index (χ0n) is 9.39. The van der Waals surface area contributed by atoms with Crippen LogP contribution in [0.2, 0.25) is 0 Å². The van der Waals surface area contributed by atoms with E-state index < -0.39 is 6.10 Å². The van der Waals surface area contributed by atoms with Crippen LogP contribution in [0.15, 0.2) is 39.5 Å². The lowest BCUT2D eigenvalue weighted by Gasteiger charge is -2.15. The largest absolute Gasteiger partial charge is 0.493 e. The summed E-state index contributed by atoms with van der Waals surface area (Å²) in [5, 5.41) is 14.3. The molecule has 0 aliphatic rings. The van der Waals surface area contributed by atoms with Crippen LogP contribution in [0.25, 0.3) is 0 Å². The second-order valence-corrected chi connectivity index (χ2v) is 5.15. The number of thiophene rings is 1. The highest BCUT2D eigenvalue weighted by molar-refractivity contribution is 9.10. The smallest absolute Gasteiger partial charge is 0.125 e. The Morgan fingerprint density at radius 1 is 1.29 bits per heavy atom. The first kappa shape index (κ1) is 12.6. The van der Waals surface area contributed by atoms with Crippen molar-refractivity contribution < 1.29 is 9.84 Å². The van der Waals surface area contributed by atoms with Crippen LogP contribution in [-0.2, 0) is 0 Å². The van der Waals surface area contributed by atoms with E-state index >= 15 is 0 Å². The molecule has 1 heterocycles. The van der Waals surface area contributed by atoms with Gasteiger partial charge in [-0.05, 0) is 34.3 Å². The van der Waals surface area contributed by atoms with Gasteiger partial charge in [0, 0.05) is 21.0 Å². The van der Waals surface area contributed by atoms with Crippen LogP contribution in [0.5, 0.6) is 5.75 Å². The summed E-state index contributed by atoms with van der Waals surface area (Å²) in [4.78, 5) is 0. The standard InChI is InChI=1S/C13H13BrO2S/c1-2-16-12-6-4-3-5-9(12)13(15)10-7-17-8-11(10)14/h3-8,13,15H,2H2,1H3. The lowest BCUT2D eigenvalue weighted by molar-refractivity contribution is 0.211. The first-order valence-corrected chi connectivity index (χ1v) is 7.09. The number of ether oxygens (including phenoxy) is 1. The van der Waals surface area contributed by atoms with Gasteiger partial charge < -0.3 is 9.84 Å². The number of benzene rings is 1. The molecule has 17 heavy (non-hydrogen) atoms. The van der Waals surface area contributed by atoms with Crippen molar-refractivity contribution in [1.29, 1.82) is 0 Å². The van der Waals surface area contributed by atoms with Crippen LogP contribution in [0, 0.1) is 0 Å². The maximum atomic E-state index is 10.4. The number of aliphatic hydroxyl groups is 1. The zero-order chi connectivity index (χ0) is 12.3. The van der Waals surface area contributed by atoms with Gasteiger partial charge in [-0.3, -0.25) is 0 Å². The van der Waals surface area contributed by atoms with E-state index in [4.69, 9.17) is 4.74 Å². The van der Waals surface area contributed by atoms with Crippen LogP contribution in [0.4, 0.5) is 0 Å². The summed E-state index contributed by atoms with van der Waals surface area (Å²) in [6.07, 6.45) is -0.654. The van der Waals surface area contributed by atoms with Gasteiger partial charge in [-0.25, -0.2) is 0 Å². The van der Waals surface area contributed by atoms with Crippen molar-refractivity contribution in [2.75, 3.05) is 6.61 Å². The number of hydrogen-bond donors (Lipinski definition) is 1. The van der Waals surface area contributed by atoms with Gasteiger partial charge in [0.25, 0.3) is 0 Å². The third kappa shape index (κ3) is 2.70. The zero-order valence-corrected chi connectivity index (χ0v) is 11.8. The Morgan fingerprint density at radius 2 is 2.06 bits per heavy atom. The topological polar surface area (TPSA) is 29.5 Å². The molecular weight excluding hydrogens is 300 g/mol. The third-order valence-corrected chi connectivity index (χ3v) is 4.20. The minimum absolute atomic E-state index is 0.592. The molecule has 1 atom stereocenters. The summed E-state index contributed by atoms with van der Waals surface area (Å²) < 4.78 is 6.46. The number of aliphatic hydroxyl groups excluding tert-OH is 1. The van der Waals surface area contributed by atoms with Gasteiger partial charge in [-0.15, -0.1) is 0 Å². The van der Waals surface area contributed by atoms with Gasteiger partial charge in [-0.1, -0.05) is 18.2 Å². The predicted octanol–water partition coefficient (Wildman–Crippen LogP) is 3.99. The molecule has 0 spiro atoms. The monoisotopic (exact) mass is 312 g/mol. The Kier molecular flexibility index (Phi) is 4.20. The van der Waals surface area contributed by atoms with Gasteiger partial charge in [0.1, 0.15) is 11.9 Å². The van der Waals surface area contributed by atoms with Crippen molar-refractivity contribution in [3.8, 4) is 5.75 Å². The molecule has 0 aliphatic heterocycles. The Balaban J connectivity index is 2.37. The van der Waals surface area contributed by atoms with Crippen molar-refractivity contribution in [2.24, 2.45) is 0 Å². The van der Waals surface area contributed by atoms with E-state index in [0.717, 1.165) is 21.3 Å². The maximum absolute atomic E-state index is 10.4. The molecule has 1 unspecified atom stereocenters. The lowest BCUT2D eigenvalue weighted by atomic mass is 10.0. The van der Waals surface area contributed by atoms with E-state index in [1.807, 2.05) is 41.9 Å². The van der Waals surface area contributed by atoms with E-state index in [0.29, 0.717) is 6.61 Å². The molecule has 2 aromatic rings. The SMILES string of the molecule is CCOc1ccccc1C(O)c1cscc1Br. The molecule has 2 nitrogen and oxygen atoms in total. The Morgan fingerprint density at radius 3 is 2.71 bits per heavy atom. The van der Waals surface area contributed by atoms with Gasteiger partial charge >= 0.3 is 0 Å². The van der Waals surface area contributed by atoms with Crippen LogP contribution in [0.1, 0.15) is 24.2 Å². The highest BCUT2D eigenvalue weighted by atomic mass is 79.9. The van der Waals surface area contributed by atoms with Crippen molar-refractivity contribution in [2.45, 2.75) is 13.0 Å². The number of para-hydroxylation sites is 1. The molecule has 90 valence electrons. The fourth-order valence-corrected chi connectivity index (χ4v) is 3.18. The van der Waals surface area contributed by atoms with Crippen molar-refractivity contribution in [3.05, 3.63) is 50.6 Å². The molecule has 2 rings (SSSR count). The second-order valence-electron chi connectivity index (χ2n) is 3.55. The predicted molar refractivity (Wildman–Crippen MR) is 73.7 cm³/mol. The lowest BCUT2D eigenvalue weighted by Crippen LogP contribution is -2.03. The van der Waals surface area contributed by atoms with Crippen LogP contribution in [0.3, 0.4) is 0 Å². The van der Waals surface area contributed by atoms with E-state index in [1.165, 1.54) is 0 Å². The van der Waals surface area contributed by atoms with Gasteiger partial charge in [0.2, 0.25) is 0 Å². The molecule has 0 radical (unpaired) electrons. The molecule has 1 aromatic heterocycles. The van der Waals surface area contributed by atoms with E-state index in [9.17, 15) is 5.11 Å². The summed E-state index contributed by atoms with van der Waals surface area (Å²) in [7, 11) is 0. The summed E-state index contributed by atoms with van der Waals surface area (Å²) >= 11 is 5.00. The molecule has 0 bridgehead atoms. The molecule has 4 heteroatoms. The number of rotatable bonds is 4. The Bertz CT molecular complexity index is 496. The molecule has 0 saturated heterocycles. The molecule has 0 saturated carbocycles. The summed E-state index contributed by atoms with van der Waals surface area (Å²) in [6, 6.07) is 7.58. The van der Waals surface area contributed by atoms with Crippen molar-refractivity contribution in [1.82, 2.24) is 0 Å². The molecule has 0 fully saturated rings. The normalized spacial score (nSPS) is 12.4. The third-order valence-electron chi connectivity index (χ3n) is 2.45. The minimum Gasteiger partial charge on any atom is -0.493 e. The van der Waals surface area contributed by atoms with Crippen molar-refractivity contribution >= 4 is 27.3 Å². The summed E-state index contributed by atoms with van der Waals surface area (Å²) in [5.74, 6) is 0.737. The van der Waals surface area contributed by atoms with E-state index in [1.54, 1.807) is 11.3 Å². The highest BCUT2D eigenvalue weighted by Crippen LogP contribution is 2.35. The number of hydrogen-bond acceptors (Lipinski definition) is 3. The fraction of sp³-hybridized carbons (Fsp3) is 0.231. The summed E-state index contributed by atoms with van der Waals surface area (Å²) in [5.41, 5.74) is 1.68. The van der Waals surface area contributed by atoms with E-state index in [-0.39, 0.29) is 0 Å². The van der Waals surface area contributed by atoms with Crippen LogP contribution in [-0.4, -0.2) is 11.7 Å². The molecule has 1 aromatic carbocycles. The molecular formula is C13H13BrO2S. The average Bonchev–Trinajstić information content (AvgIpc) is 2.76. The van der Waals surface area contributed by atoms with Crippen LogP contribution >= 0.6 is 27.3 Å². The molecule has 0 amide bonds. The fourth-order valence-electron chi connectivity index (χ4n) is 1.65. The van der Waals surface area contributed by atoms with Crippen molar-refractivity contribution in [3.63, 3.8) is 0 Å². The Hall–Kier alpha value is -0.840. The second kappa shape index (κ2) is 5.67. The number of halogens is 1. The highest BCUT2D eigenvalue weighted by Gasteiger charge is 2.18. The first-order valence-electron chi connectivity index (χ1n) is 5.35. The van der Waals surface area contributed by atoms with Gasteiger partial charge in [0.05, 0.1) is 6.61 Å². The first-order chi connectivity index (χ1) is 8.24. The summed E-state index contributed by atoms with van der Waals surface area (Å²) in [6.45, 7) is 2.53. The van der Waals surface area contributed by atoms with Gasteiger partial charge in [-0.2, -0.15) is 11.3 Å². The minimum atomic E-state index is -0.654. The van der Waals surface area contributed by atoms with Crippen LogP contribution < -0.4 is 4.74 Å². The van der Waals surface area contributed by atoms with Gasteiger partial charge in [0.15, 0.2) is 0 Å². The Labute approximate surface area is 113 Å². The quantitative estimate of drug-likeness (QED) is 0.925. The molecule has 1 N–H and O–H groups in total. The molecule has 0 aliphatic carbocycles. The maximum Gasteiger partial charge on any atom is 0.125 e. The average molecular weight is 313 g/mol.